The molecule has 2 nitrogen and oxygen atoms in total. The van der Waals surface area contributed by atoms with Crippen molar-refractivity contribution in [3.63, 3.8) is 0 Å². The molecule has 3 rings (SSSR count). The van der Waals surface area contributed by atoms with Gasteiger partial charge in [-0.25, -0.2) is 0 Å². The van der Waals surface area contributed by atoms with Crippen molar-refractivity contribution in [1.82, 2.24) is 9.55 Å². The van der Waals surface area contributed by atoms with Gasteiger partial charge in [-0.05, 0) is 55.6 Å². The molecule has 0 radical (unpaired) electrons. The number of nitrogens with one attached hydrogen (secondary N) is 1. The lowest BCUT2D eigenvalue weighted by Gasteiger charge is -2.17. The molecule has 1 heterocycles. The van der Waals surface area contributed by atoms with Gasteiger partial charge < -0.3 is 9.55 Å². The van der Waals surface area contributed by atoms with E-state index in [4.69, 9.17) is 12.2 Å². The SMILES string of the molecule is CCC(CC1CC1)n1c(=S)[nH]c2ccc(C)cc21. The number of rotatable bonds is 4. The molecular weight excluding hydrogens is 240 g/mol. The van der Waals surface area contributed by atoms with Crippen LogP contribution in [0.1, 0.15) is 44.2 Å². The van der Waals surface area contributed by atoms with Crippen molar-refractivity contribution < 1.29 is 0 Å². The molecule has 1 aliphatic rings. The van der Waals surface area contributed by atoms with Crippen LogP contribution in [0.2, 0.25) is 0 Å². The van der Waals surface area contributed by atoms with Crippen molar-refractivity contribution >= 4 is 23.3 Å². The molecule has 0 amide bonds. The Kier molecular flexibility index (Phi) is 3.02. The Morgan fingerprint density at radius 2 is 2.22 bits per heavy atom. The summed E-state index contributed by atoms with van der Waals surface area (Å²) in [6, 6.07) is 7.08. The number of fused-ring (bicyclic) bond motifs is 1. The molecular formula is C15H20N2S. The van der Waals surface area contributed by atoms with E-state index in [1.165, 1.54) is 35.9 Å². The molecule has 0 saturated heterocycles. The highest BCUT2D eigenvalue weighted by molar-refractivity contribution is 7.71. The van der Waals surface area contributed by atoms with E-state index in [1.807, 2.05) is 0 Å². The molecule has 1 atom stereocenters. The first kappa shape index (κ1) is 12.0. The van der Waals surface area contributed by atoms with Crippen molar-refractivity contribution in [3.05, 3.63) is 28.5 Å². The Morgan fingerprint density at radius 3 is 2.89 bits per heavy atom. The predicted octanol–water partition coefficient (Wildman–Crippen LogP) is 4.76. The highest BCUT2D eigenvalue weighted by Gasteiger charge is 2.26. The predicted molar refractivity (Wildman–Crippen MR) is 78.5 cm³/mol. The van der Waals surface area contributed by atoms with Gasteiger partial charge >= 0.3 is 0 Å². The van der Waals surface area contributed by atoms with Crippen LogP contribution in [0.25, 0.3) is 11.0 Å². The average molecular weight is 260 g/mol. The third kappa shape index (κ3) is 2.12. The van der Waals surface area contributed by atoms with Gasteiger partial charge in [0, 0.05) is 6.04 Å². The summed E-state index contributed by atoms with van der Waals surface area (Å²) < 4.78 is 3.22. The van der Waals surface area contributed by atoms with E-state index in [2.05, 4.69) is 41.6 Å². The van der Waals surface area contributed by atoms with Crippen LogP contribution in [-0.4, -0.2) is 9.55 Å². The summed E-state index contributed by atoms with van der Waals surface area (Å²) in [5.74, 6) is 0.937. The van der Waals surface area contributed by atoms with Crippen molar-refractivity contribution in [3.8, 4) is 0 Å². The van der Waals surface area contributed by atoms with Crippen LogP contribution < -0.4 is 0 Å². The van der Waals surface area contributed by atoms with Crippen LogP contribution >= 0.6 is 12.2 Å². The van der Waals surface area contributed by atoms with E-state index in [0.29, 0.717) is 6.04 Å². The molecule has 0 spiro atoms. The van der Waals surface area contributed by atoms with Gasteiger partial charge in [0.1, 0.15) is 0 Å². The van der Waals surface area contributed by atoms with Gasteiger partial charge in [-0.1, -0.05) is 25.8 Å². The zero-order chi connectivity index (χ0) is 12.7. The van der Waals surface area contributed by atoms with E-state index >= 15 is 0 Å². The zero-order valence-corrected chi connectivity index (χ0v) is 11.9. The number of aromatic nitrogens is 2. The number of aromatic amines is 1. The normalized spacial score (nSPS) is 17.2. The summed E-state index contributed by atoms with van der Waals surface area (Å²) >= 11 is 5.52. The Labute approximate surface area is 113 Å². The quantitative estimate of drug-likeness (QED) is 0.786. The first-order chi connectivity index (χ1) is 8.69. The number of benzene rings is 1. The zero-order valence-electron chi connectivity index (χ0n) is 11.1. The third-order valence-electron chi connectivity index (χ3n) is 4.01. The summed E-state index contributed by atoms with van der Waals surface area (Å²) in [7, 11) is 0. The highest BCUT2D eigenvalue weighted by Crippen LogP contribution is 2.39. The molecule has 1 aromatic carbocycles. The van der Waals surface area contributed by atoms with E-state index in [1.54, 1.807) is 0 Å². The summed E-state index contributed by atoms with van der Waals surface area (Å²) in [6.07, 6.45) is 5.26. The molecule has 0 bridgehead atoms. The summed E-state index contributed by atoms with van der Waals surface area (Å²) in [5, 5.41) is 0. The molecule has 18 heavy (non-hydrogen) atoms. The van der Waals surface area contributed by atoms with Crippen molar-refractivity contribution in [2.75, 3.05) is 0 Å². The lowest BCUT2D eigenvalue weighted by Crippen LogP contribution is -2.09. The second kappa shape index (κ2) is 4.54. The summed E-state index contributed by atoms with van der Waals surface area (Å²) in [6.45, 7) is 4.41. The third-order valence-corrected chi connectivity index (χ3v) is 4.31. The number of aryl methyl sites for hydroxylation is 1. The molecule has 96 valence electrons. The minimum absolute atomic E-state index is 0.556. The maximum Gasteiger partial charge on any atom is 0.178 e. The molecule has 1 fully saturated rings. The van der Waals surface area contributed by atoms with Crippen molar-refractivity contribution in [2.24, 2.45) is 5.92 Å². The molecule has 1 aliphatic carbocycles. The van der Waals surface area contributed by atoms with Crippen molar-refractivity contribution in [2.45, 2.75) is 45.6 Å². The average Bonchev–Trinajstić information content (AvgIpc) is 3.10. The van der Waals surface area contributed by atoms with Gasteiger partial charge in [0.15, 0.2) is 4.77 Å². The van der Waals surface area contributed by atoms with Gasteiger partial charge in [-0.3, -0.25) is 0 Å². The smallest absolute Gasteiger partial charge is 0.178 e. The molecule has 1 saturated carbocycles. The first-order valence-corrected chi connectivity index (χ1v) is 7.30. The van der Waals surface area contributed by atoms with E-state index in [-0.39, 0.29) is 0 Å². The summed E-state index contributed by atoms with van der Waals surface area (Å²) in [5.41, 5.74) is 3.74. The van der Waals surface area contributed by atoms with Gasteiger partial charge in [-0.2, -0.15) is 0 Å². The maximum atomic E-state index is 5.52. The fourth-order valence-corrected chi connectivity index (χ4v) is 3.14. The number of nitrogens with zero attached hydrogens (tertiary/aromatic N) is 1. The lowest BCUT2D eigenvalue weighted by atomic mass is 10.1. The standard InChI is InChI=1S/C15H20N2S/c1-3-12(9-11-5-6-11)17-14-8-10(2)4-7-13(14)16-15(17)18/h4,7-8,11-12H,3,5-6,9H2,1-2H3,(H,16,18). The molecule has 0 aliphatic heterocycles. The van der Waals surface area contributed by atoms with Crippen LogP contribution in [0.4, 0.5) is 0 Å². The van der Waals surface area contributed by atoms with Gasteiger partial charge in [0.25, 0.3) is 0 Å². The first-order valence-electron chi connectivity index (χ1n) is 6.90. The van der Waals surface area contributed by atoms with Gasteiger partial charge in [-0.15, -0.1) is 0 Å². The minimum atomic E-state index is 0.556. The Morgan fingerprint density at radius 1 is 1.44 bits per heavy atom. The van der Waals surface area contributed by atoms with Crippen molar-refractivity contribution in [1.29, 1.82) is 0 Å². The topological polar surface area (TPSA) is 20.7 Å². The fraction of sp³-hybridized carbons (Fsp3) is 0.533. The molecule has 1 N–H and O–H groups in total. The van der Waals surface area contributed by atoms with Crippen LogP contribution in [0.15, 0.2) is 18.2 Å². The fourth-order valence-electron chi connectivity index (χ4n) is 2.79. The molecule has 3 heteroatoms. The molecule has 1 unspecified atom stereocenters. The number of hydrogen-bond acceptors (Lipinski definition) is 1. The monoisotopic (exact) mass is 260 g/mol. The van der Waals surface area contributed by atoms with Crippen LogP contribution in [0, 0.1) is 17.6 Å². The van der Waals surface area contributed by atoms with E-state index in [0.717, 1.165) is 17.1 Å². The maximum absolute atomic E-state index is 5.52. The Balaban J connectivity index is 2.10. The molecule has 1 aromatic heterocycles. The number of H-pyrrole nitrogens is 1. The largest absolute Gasteiger partial charge is 0.331 e. The van der Waals surface area contributed by atoms with Gasteiger partial charge in [0.2, 0.25) is 0 Å². The highest BCUT2D eigenvalue weighted by atomic mass is 32.1. The minimum Gasteiger partial charge on any atom is -0.331 e. The second-order valence-corrected chi connectivity index (χ2v) is 5.95. The molecule has 2 aromatic rings. The van der Waals surface area contributed by atoms with E-state index in [9.17, 15) is 0 Å². The lowest BCUT2D eigenvalue weighted by molar-refractivity contribution is 0.434. The Hall–Kier alpha value is -1.09. The number of hydrogen-bond donors (Lipinski definition) is 1. The van der Waals surface area contributed by atoms with Crippen LogP contribution in [0.5, 0.6) is 0 Å². The Bertz CT molecular complexity index is 619. The number of imidazole rings is 1. The van der Waals surface area contributed by atoms with Gasteiger partial charge in [0.05, 0.1) is 11.0 Å². The summed E-state index contributed by atoms with van der Waals surface area (Å²) in [4.78, 5) is 3.34. The second-order valence-electron chi connectivity index (χ2n) is 5.56. The van der Waals surface area contributed by atoms with Crippen LogP contribution in [0.3, 0.4) is 0 Å². The van der Waals surface area contributed by atoms with E-state index < -0.39 is 0 Å². The van der Waals surface area contributed by atoms with Crippen LogP contribution in [-0.2, 0) is 0 Å².